The third-order valence-corrected chi connectivity index (χ3v) is 3.80. The highest BCUT2D eigenvalue weighted by atomic mass is 15.4. The first-order valence-electron chi connectivity index (χ1n) is 6.65. The summed E-state index contributed by atoms with van der Waals surface area (Å²) in [7, 11) is 3.99. The van der Waals surface area contributed by atoms with E-state index in [4.69, 9.17) is 0 Å². The van der Waals surface area contributed by atoms with E-state index >= 15 is 0 Å². The summed E-state index contributed by atoms with van der Waals surface area (Å²) in [6, 6.07) is 10.6. The van der Waals surface area contributed by atoms with E-state index in [2.05, 4.69) is 40.1 Å². The molecular weight excluding hydrogens is 250 g/mol. The van der Waals surface area contributed by atoms with Gasteiger partial charge in [0.05, 0.1) is 17.1 Å². The van der Waals surface area contributed by atoms with Gasteiger partial charge in [-0.05, 0) is 19.1 Å². The van der Waals surface area contributed by atoms with Crippen LogP contribution in [0.25, 0.3) is 0 Å². The molecule has 2 heterocycles. The zero-order valence-electron chi connectivity index (χ0n) is 12.0. The maximum absolute atomic E-state index is 9.40. The lowest BCUT2D eigenvalue weighted by atomic mass is 10.1. The van der Waals surface area contributed by atoms with Gasteiger partial charge in [0.1, 0.15) is 17.5 Å². The van der Waals surface area contributed by atoms with Crippen molar-refractivity contribution in [2.75, 3.05) is 29.9 Å². The minimum absolute atomic E-state index is 0.659. The Hall–Kier alpha value is -2.48. The lowest BCUT2D eigenvalue weighted by molar-refractivity contribution is 0.723. The monoisotopic (exact) mass is 267 g/mol. The predicted octanol–water partition coefficient (Wildman–Crippen LogP) is 2.19. The second-order valence-corrected chi connectivity index (χ2v) is 5.08. The summed E-state index contributed by atoms with van der Waals surface area (Å²) < 4.78 is 1.80. The van der Waals surface area contributed by atoms with Crippen LogP contribution >= 0.6 is 0 Å². The van der Waals surface area contributed by atoms with Crippen molar-refractivity contribution >= 4 is 17.2 Å². The zero-order valence-corrected chi connectivity index (χ0v) is 12.0. The molecule has 0 spiro atoms. The number of anilines is 3. The summed E-state index contributed by atoms with van der Waals surface area (Å²) in [5.41, 5.74) is 3.75. The minimum atomic E-state index is 0.659. The third kappa shape index (κ3) is 1.73. The SMILES string of the molecule is Cc1nn(C)c(N2CCN(C)c3ccccc32)c1C#N. The molecule has 0 atom stereocenters. The topological polar surface area (TPSA) is 48.1 Å². The second kappa shape index (κ2) is 4.57. The van der Waals surface area contributed by atoms with Crippen LogP contribution in [-0.4, -0.2) is 29.9 Å². The van der Waals surface area contributed by atoms with Crippen molar-refractivity contribution in [3.8, 4) is 6.07 Å². The minimum Gasteiger partial charge on any atom is -0.371 e. The molecule has 0 fully saturated rings. The van der Waals surface area contributed by atoms with Gasteiger partial charge in [0.25, 0.3) is 0 Å². The number of aryl methyl sites for hydroxylation is 2. The number of para-hydroxylation sites is 2. The van der Waals surface area contributed by atoms with Gasteiger partial charge in [-0.25, -0.2) is 0 Å². The average molecular weight is 267 g/mol. The quantitative estimate of drug-likeness (QED) is 0.794. The second-order valence-electron chi connectivity index (χ2n) is 5.08. The van der Waals surface area contributed by atoms with Crippen molar-refractivity contribution in [1.29, 1.82) is 5.26 Å². The molecule has 0 saturated carbocycles. The lowest BCUT2D eigenvalue weighted by Gasteiger charge is -2.36. The van der Waals surface area contributed by atoms with Crippen LogP contribution in [0.3, 0.4) is 0 Å². The summed E-state index contributed by atoms with van der Waals surface area (Å²) in [6.07, 6.45) is 0. The number of nitrogens with zero attached hydrogens (tertiary/aromatic N) is 5. The van der Waals surface area contributed by atoms with E-state index in [1.165, 1.54) is 5.69 Å². The number of hydrogen-bond acceptors (Lipinski definition) is 4. The van der Waals surface area contributed by atoms with Crippen molar-refractivity contribution < 1.29 is 0 Å². The zero-order chi connectivity index (χ0) is 14.3. The molecule has 0 saturated heterocycles. The number of nitriles is 1. The summed E-state index contributed by atoms with van der Waals surface area (Å²) in [5.74, 6) is 0.880. The molecule has 20 heavy (non-hydrogen) atoms. The maximum atomic E-state index is 9.40. The normalized spacial score (nSPS) is 14.1. The molecule has 1 aromatic carbocycles. The Kier molecular flexibility index (Phi) is 2.87. The molecule has 3 rings (SSSR count). The number of likely N-dealkylation sites (N-methyl/N-ethyl adjacent to an activating group) is 1. The highest BCUT2D eigenvalue weighted by Crippen LogP contribution is 2.38. The van der Waals surface area contributed by atoms with Gasteiger partial charge >= 0.3 is 0 Å². The van der Waals surface area contributed by atoms with Gasteiger partial charge in [-0.15, -0.1) is 0 Å². The van der Waals surface area contributed by atoms with Gasteiger partial charge in [0.2, 0.25) is 0 Å². The molecule has 1 aliphatic heterocycles. The van der Waals surface area contributed by atoms with Crippen molar-refractivity contribution in [3.05, 3.63) is 35.5 Å². The van der Waals surface area contributed by atoms with Crippen LogP contribution in [0.5, 0.6) is 0 Å². The van der Waals surface area contributed by atoms with Crippen LogP contribution < -0.4 is 9.80 Å². The summed E-state index contributed by atoms with van der Waals surface area (Å²) in [5, 5.41) is 13.8. The van der Waals surface area contributed by atoms with Gasteiger partial charge in [0.15, 0.2) is 0 Å². The molecule has 5 nitrogen and oxygen atoms in total. The van der Waals surface area contributed by atoms with E-state index in [-0.39, 0.29) is 0 Å². The van der Waals surface area contributed by atoms with E-state index in [1.54, 1.807) is 4.68 Å². The van der Waals surface area contributed by atoms with E-state index in [0.717, 1.165) is 30.3 Å². The molecule has 1 aliphatic rings. The highest BCUT2D eigenvalue weighted by Gasteiger charge is 2.26. The Morgan fingerprint density at radius 3 is 2.55 bits per heavy atom. The van der Waals surface area contributed by atoms with Gasteiger partial charge in [-0.3, -0.25) is 4.68 Å². The molecule has 0 unspecified atom stereocenters. The fourth-order valence-electron chi connectivity index (χ4n) is 2.81. The van der Waals surface area contributed by atoms with Crippen LogP contribution in [0.2, 0.25) is 0 Å². The van der Waals surface area contributed by atoms with Crippen molar-refractivity contribution in [2.24, 2.45) is 7.05 Å². The van der Waals surface area contributed by atoms with Crippen LogP contribution in [0.15, 0.2) is 24.3 Å². The fourth-order valence-corrected chi connectivity index (χ4v) is 2.81. The third-order valence-electron chi connectivity index (χ3n) is 3.80. The molecule has 0 N–H and O–H groups in total. The van der Waals surface area contributed by atoms with E-state index in [1.807, 2.05) is 26.1 Å². The van der Waals surface area contributed by atoms with Gasteiger partial charge in [-0.1, -0.05) is 12.1 Å². The molecule has 1 aromatic heterocycles. The van der Waals surface area contributed by atoms with E-state index < -0.39 is 0 Å². The van der Waals surface area contributed by atoms with Crippen LogP contribution in [0.1, 0.15) is 11.3 Å². The molecule has 0 bridgehead atoms. The molecule has 0 amide bonds. The molecule has 102 valence electrons. The van der Waals surface area contributed by atoms with E-state index in [0.29, 0.717) is 5.56 Å². The Balaban J connectivity index is 2.18. The van der Waals surface area contributed by atoms with Gasteiger partial charge in [0, 0.05) is 27.2 Å². The standard InChI is InChI=1S/C15H17N5/c1-11-12(10-16)15(19(3)17-11)20-9-8-18(2)13-6-4-5-7-14(13)20/h4-7H,8-9H2,1-3H3. The Labute approximate surface area is 118 Å². The average Bonchev–Trinajstić information content (AvgIpc) is 2.73. The smallest absolute Gasteiger partial charge is 0.149 e. The fraction of sp³-hybridized carbons (Fsp3) is 0.333. The predicted molar refractivity (Wildman–Crippen MR) is 79.4 cm³/mol. The number of fused-ring (bicyclic) bond motifs is 1. The first-order chi connectivity index (χ1) is 9.63. The van der Waals surface area contributed by atoms with E-state index in [9.17, 15) is 5.26 Å². The van der Waals surface area contributed by atoms with Crippen LogP contribution in [0.4, 0.5) is 17.2 Å². The first-order valence-corrected chi connectivity index (χ1v) is 6.65. The first kappa shape index (κ1) is 12.5. The maximum Gasteiger partial charge on any atom is 0.149 e. The van der Waals surface area contributed by atoms with Crippen molar-refractivity contribution in [2.45, 2.75) is 6.92 Å². The molecule has 5 heteroatoms. The summed E-state index contributed by atoms with van der Waals surface area (Å²) in [4.78, 5) is 4.43. The highest BCUT2D eigenvalue weighted by molar-refractivity contribution is 5.80. The largest absolute Gasteiger partial charge is 0.371 e. The summed E-state index contributed by atoms with van der Waals surface area (Å²) in [6.45, 7) is 3.65. The molecular formula is C15H17N5. The lowest BCUT2D eigenvalue weighted by Crippen LogP contribution is -2.37. The Bertz CT molecular complexity index is 695. The number of benzene rings is 1. The van der Waals surface area contributed by atoms with Crippen molar-refractivity contribution in [3.63, 3.8) is 0 Å². The van der Waals surface area contributed by atoms with Crippen molar-refractivity contribution in [1.82, 2.24) is 9.78 Å². The number of hydrogen-bond donors (Lipinski definition) is 0. The van der Waals surface area contributed by atoms with Crippen LogP contribution in [0, 0.1) is 18.3 Å². The molecule has 2 aromatic rings. The van der Waals surface area contributed by atoms with Gasteiger partial charge < -0.3 is 9.80 Å². The Morgan fingerprint density at radius 2 is 1.85 bits per heavy atom. The number of aromatic nitrogens is 2. The van der Waals surface area contributed by atoms with Gasteiger partial charge in [-0.2, -0.15) is 10.4 Å². The number of rotatable bonds is 1. The Morgan fingerprint density at radius 1 is 1.15 bits per heavy atom. The molecule has 0 aliphatic carbocycles. The van der Waals surface area contributed by atoms with Crippen LogP contribution in [-0.2, 0) is 7.05 Å². The summed E-state index contributed by atoms with van der Waals surface area (Å²) >= 11 is 0. The molecule has 0 radical (unpaired) electrons.